The van der Waals surface area contributed by atoms with Crippen molar-refractivity contribution in [2.45, 2.75) is 11.6 Å². The van der Waals surface area contributed by atoms with Crippen molar-refractivity contribution >= 4 is 17.7 Å². The van der Waals surface area contributed by atoms with Crippen LogP contribution in [0.4, 0.5) is 13.2 Å². The first-order valence-corrected chi connectivity index (χ1v) is 8.76. The SMILES string of the molecule is O=C1CSC(c2ccc(C(F)(F)F)cc2)N1CCOc1ccccc1. The van der Waals surface area contributed by atoms with Crippen LogP contribution in [-0.2, 0) is 11.0 Å². The Labute approximate surface area is 147 Å². The van der Waals surface area contributed by atoms with Crippen LogP contribution in [-0.4, -0.2) is 29.7 Å². The molecule has 2 aromatic carbocycles. The van der Waals surface area contributed by atoms with E-state index in [-0.39, 0.29) is 11.3 Å². The minimum absolute atomic E-state index is 0.0356. The molecular weight excluding hydrogens is 351 g/mol. The zero-order valence-corrected chi connectivity index (χ0v) is 14.0. The molecule has 0 radical (unpaired) electrons. The van der Waals surface area contributed by atoms with Crippen molar-refractivity contribution in [3.05, 3.63) is 65.7 Å². The van der Waals surface area contributed by atoms with Crippen molar-refractivity contribution < 1.29 is 22.7 Å². The first-order chi connectivity index (χ1) is 11.9. The van der Waals surface area contributed by atoms with E-state index < -0.39 is 11.7 Å². The van der Waals surface area contributed by atoms with Crippen LogP contribution in [0.1, 0.15) is 16.5 Å². The average Bonchev–Trinajstić information content (AvgIpc) is 2.96. The van der Waals surface area contributed by atoms with Crippen LogP contribution in [0.2, 0.25) is 0 Å². The molecule has 0 saturated carbocycles. The van der Waals surface area contributed by atoms with Crippen LogP contribution in [0, 0.1) is 0 Å². The Bertz CT molecular complexity index is 719. The number of nitrogens with zero attached hydrogens (tertiary/aromatic N) is 1. The Balaban J connectivity index is 1.65. The van der Waals surface area contributed by atoms with Crippen molar-refractivity contribution in [2.75, 3.05) is 18.9 Å². The van der Waals surface area contributed by atoms with Crippen molar-refractivity contribution in [1.82, 2.24) is 4.90 Å². The molecule has 25 heavy (non-hydrogen) atoms. The highest BCUT2D eigenvalue weighted by atomic mass is 32.2. The molecule has 0 aromatic heterocycles. The lowest BCUT2D eigenvalue weighted by molar-refractivity contribution is -0.137. The van der Waals surface area contributed by atoms with E-state index in [4.69, 9.17) is 4.74 Å². The molecule has 0 spiro atoms. The van der Waals surface area contributed by atoms with Crippen molar-refractivity contribution in [2.24, 2.45) is 0 Å². The summed E-state index contributed by atoms with van der Waals surface area (Å²) in [5.74, 6) is 0.997. The summed E-state index contributed by atoms with van der Waals surface area (Å²) in [6, 6.07) is 14.2. The Kier molecular flexibility index (Phi) is 5.22. The Morgan fingerprint density at radius 2 is 1.76 bits per heavy atom. The quantitative estimate of drug-likeness (QED) is 0.787. The monoisotopic (exact) mass is 367 g/mol. The van der Waals surface area contributed by atoms with Gasteiger partial charge in [0.15, 0.2) is 0 Å². The van der Waals surface area contributed by atoms with Gasteiger partial charge in [-0.3, -0.25) is 4.79 Å². The number of carbonyl (C=O) groups excluding carboxylic acids is 1. The number of hydrogen-bond donors (Lipinski definition) is 0. The standard InChI is InChI=1S/C18H16F3NO2S/c19-18(20,21)14-8-6-13(7-9-14)17-22(16(23)12-25-17)10-11-24-15-4-2-1-3-5-15/h1-9,17H,10-12H2. The third-order valence-electron chi connectivity index (χ3n) is 3.84. The number of halogens is 3. The smallest absolute Gasteiger partial charge is 0.416 e. The molecule has 7 heteroatoms. The molecule has 1 aliphatic rings. The average molecular weight is 367 g/mol. The molecular formula is C18H16F3NO2S. The topological polar surface area (TPSA) is 29.5 Å². The summed E-state index contributed by atoms with van der Waals surface area (Å²) in [6.45, 7) is 0.708. The van der Waals surface area contributed by atoms with Gasteiger partial charge in [-0.1, -0.05) is 30.3 Å². The molecule has 0 aliphatic carbocycles. The number of alkyl halides is 3. The van der Waals surface area contributed by atoms with E-state index in [0.29, 0.717) is 30.2 Å². The molecule has 0 bridgehead atoms. The van der Waals surface area contributed by atoms with E-state index in [1.807, 2.05) is 30.3 Å². The first kappa shape index (κ1) is 17.7. The van der Waals surface area contributed by atoms with E-state index in [9.17, 15) is 18.0 Å². The molecule has 2 aromatic rings. The van der Waals surface area contributed by atoms with Crippen LogP contribution >= 0.6 is 11.8 Å². The highest BCUT2D eigenvalue weighted by Crippen LogP contribution is 2.39. The van der Waals surface area contributed by atoms with Gasteiger partial charge in [-0.15, -0.1) is 11.8 Å². The molecule has 1 amide bonds. The van der Waals surface area contributed by atoms with Gasteiger partial charge in [0.05, 0.1) is 17.9 Å². The highest BCUT2D eigenvalue weighted by molar-refractivity contribution is 8.00. The maximum atomic E-state index is 12.7. The van der Waals surface area contributed by atoms with E-state index >= 15 is 0 Å². The number of amides is 1. The maximum absolute atomic E-state index is 12.7. The van der Waals surface area contributed by atoms with E-state index in [1.165, 1.54) is 23.9 Å². The van der Waals surface area contributed by atoms with Crippen LogP contribution in [0.3, 0.4) is 0 Å². The molecule has 132 valence electrons. The molecule has 1 saturated heterocycles. The third-order valence-corrected chi connectivity index (χ3v) is 5.09. The largest absolute Gasteiger partial charge is 0.492 e. The highest BCUT2D eigenvalue weighted by Gasteiger charge is 2.34. The van der Waals surface area contributed by atoms with E-state index in [2.05, 4.69) is 0 Å². The predicted molar refractivity (Wildman–Crippen MR) is 90.3 cm³/mol. The van der Waals surface area contributed by atoms with E-state index in [0.717, 1.165) is 12.1 Å². The molecule has 1 atom stereocenters. The molecule has 3 nitrogen and oxygen atoms in total. The summed E-state index contributed by atoms with van der Waals surface area (Å²) in [7, 11) is 0. The van der Waals surface area contributed by atoms with Gasteiger partial charge in [0, 0.05) is 0 Å². The minimum atomic E-state index is -4.36. The molecule has 1 aliphatic heterocycles. The fraction of sp³-hybridized carbons (Fsp3) is 0.278. The van der Waals surface area contributed by atoms with Gasteiger partial charge in [-0.2, -0.15) is 13.2 Å². The lowest BCUT2D eigenvalue weighted by Gasteiger charge is -2.24. The predicted octanol–water partition coefficient (Wildman–Crippen LogP) is 4.36. The third kappa shape index (κ3) is 4.28. The zero-order valence-electron chi connectivity index (χ0n) is 13.2. The maximum Gasteiger partial charge on any atom is 0.416 e. The van der Waals surface area contributed by atoms with Crippen LogP contribution in [0.15, 0.2) is 54.6 Å². The second kappa shape index (κ2) is 7.39. The van der Waals surface area contributed by atoms with Crippen molar-refractivity contribution in [3.8, 4) is 5.75 Å². The van der Waals surface area contributed by atoms with Crippen molar-refractivity contribution in [1.29, 1.82) is 0 Å². The summed E-state index contributed by atoms with van der Waals surface area (Å²) in [5, 5.41) is -0.283. The van der Waals surface area contributed by atoms with Gasteiger partial charge >= 0.3 is 6.18 Å². The Morgan fingerprint density at radius 3 is 2.40 bits per heavy atom. The summed E-state index contributed by atoms with van der Waals surface area (Å²) in [5.41, 5.74) is -0.00639. The number of ether oxygens (including phenoxy) is 1. The van der Waals surface area contributed by atoms with Gasteiger partial charge in [-0.05, 0) is 29.8 Å². The zero-order chi connectivity index (χ0) is 17.9. The lowest BCUT2D eigenvalue weighted by atomic mass is 10.1. The van der Waals surface area contributed by atoms with Gasteiger partial charge in [0.1, 0.15) is 17.7 Å². The van der Waals surface area contributed by atoms with Crippen LogP contribution in [0.25, 0.3) is 0 Å². The van der Waals surface area contributed by atoms with E-state index in [1.54, 1.807) is 4.90 Å². The number of hydrogen-bond acceptors (Lipinski definition) is 3. The summed E-state index contributed by atoms with van der Waals surface area (Å²) >= 11 is 1.41. The first-order valence-electron chi connectivity index (χ1n) is 7.71. The van der Waals surface area contributed by atoms with Gasteiger partial charge in [-0.25, -0.2) is 0 Å². The van der Waals surface area contributed by atoms with Crippen LogP contribution < -0.4 is 4.74 Å². The van der Waals surface area contributed by atoms with Crippen LogP contribution in [0.5, 0.6) is 5.75 Å². The second-order valence-electron chi connectivity index (χ2n) is 5.53. The normalized spacial score (nSPS) is 17.8. The molecule has 1 heterocycles. The Morgan fingerprint density at radius 1 is 1.08 bits per heavy atom. The number of benzene rings is 2. The summed E-state index contributed by atoms with van der Waals surface area (Å²) in [6.07, 6.45) is -4.36. The number of thioether (sulfide) groups is 1. The lowest BCUT2D eigenvalue weighted by Crippen LogP contribution is -2.32. The van der Waals surface area contributed by atoms with Gasteiger partial charge < -0.3 is 9.64 Å². The summed E-state index contributed by atoms with van der Waals surface area (Å²) in [4.78, 5) is 13.7. The number of rotatable bonds is 5. The fourth-order valence-corrected chi connectivity index (χ4v) is 3.81. The van der Waals surface area contributed by atoms with Gasteiger partial charge in [0.25, 0.3) is 0 Å². The Hall–Kier alpha value is -2.15. The molecule has 0 N–H and O–H groups in total. The minimum Gasteiger partial charge on any atom is -0.492 e. The second-order valence-corrected chi connectivity index (χ2v) is 6.60. The van der Waals surface area contributed by atoms with Gasteiger partial charge in [0.2, 0.25) is 5.91 Å². The van der Waals surface area contributed by atoms with Crippen molar-refractivity contribution in [3.63, 3.8) is 0 Å². The fourth-order valence-electron chi connectivity index (χ4n) is 2.59. The number of carbonyl (C=O) groups is 1. The molecule has 1 unspecified atom stereocenters. The molecule has 3 rings (SSSR count). The molecule has 1 fully saturated rings. The number of para-hydroxylation sites is 1. The summed E-state index contributed by atoms with van der Waals surface area (Å²) < 4.78 is 43.6.